The first-order chi connectivity index (χ1) is 9.13. The Kier molecular flexibility index (Phi) is 4.16. The second-order valence-electron chi connectivity index (χ2n) is 3.65. The summed E-state index contributed by atoms with van der Waals surface area (Å²) < 4.78 is 10.7. The average Bonchev–Trinajstić information content (AvgIpc) is 2.41. The molecular formula is C14H9Cl2NO2. The smallest absolute Gasteiger partial charge is 0.146 e. The molecule has 0 aliphatic carbocycles. The number of benzene rings is 2. The molecule has 0 aliphatic heterocycles. The summed E-state index contributed by atoms with van der Waals surface area (Å²) in [5.74, 6) is 1.46. The Morgan fingerprint density at radius 2 is 1.84 bits per heavy atom. The summed E-state index contributed by atoms with van der Waals surface area (Å²) >= 11 is 11.8. The summed E-state index contributed by atoms with van der Waals surface area (Å²) in [5.41, 5.74) is 0.442. The Bertz CT molecular complexity index is 650. The molecule has 0 saturated heterocycles. The number of nitrogens with zero attached hydrogens (tertiary/aromatic N) is 1. The number of ether oxygens (including phenoxy) is 2. The van der Waals surface area contributed by atoms with E-state index in [0.29, 0.717) is 32.9 Å². The highest BCUT2D eigenvalue weighted by Gasteiger charge is 2.07. The van der Waals surface area contributed by atoms with Crippen LogP contribution in [0.1, 0.15) is 5.56 Å². The van der Waals surface area contributed by atoms with Gasteiger partial charge in [0.1, 0.15) is 23.3 Å². The number of halogens is 2. The second kappa shape index (κ2) is 5.83. The molecule has 2 aromatic carbocycles. The van der Waals surface area contributed by atoms with Crippen molar-refractivity contribution in [3.05, 3.63) is 52.0 Å². The van der Waals surface area contributed by atoms with E-state index in [0.717, 1.165) is 0 Å². The van der Waals surface area contributed by atoms with Gasteiger partial charge in [-0.25, -0.2) is 0 Å². The summed E-state index contributed by atoms with van der Waals surface area (Å²) in [6.45, 7) is 0. The van der Waals surface area contributed by atoms with E-state index in [1.54, 1.807) is 36.4 Å². The highest BCUT2D eigenvalue weighted by atomic mass is 35.5. The van der Waals surface area contributed by atoms with Crippen molar-refractivity contribution >= 4 is 23.2 Å². The standard InChI is InChI=1S/C14H9Cl2NO2/c1-18-14-7-11(4-2-9(14)8-17)19-13-5-3-10(15)6-12(13)16/h2-7H,1H3. The van der Waals surface area contributed by atoms with E-state index in [1.165, 1.54) is 7.11 Å². The molecule has 0 atom stereocenters. The molecule has 96 valence electrons. The number of hydrogen-bond acceptors (Lipinski definition) is 3. The summed E-state index contributed by atoms with van der Waals surface area (Å²) in [6, 6.07) is 11.9. The minimum atomic E-state index is 0.413. The molecule has 19 heavy (non-hydrogen) atoms. The van der Waals surface area contributed by atoms with Gasteiger partial charge in [0.2, 0.25) is 0 Å². The fourth-order valence-electron chi connectivity index (χ4n) is 1.51. The van der Waals surface area contributed by atoms with Crippen LogP contribution in [0.4, 0.5) is 0 Å². The van der Waals surface area contributed by atoms with Gasteiger partial charge in [-0.2, -0.15) is 5.26 Å². The number of hydrogen-bond donors (Lipinski definition) is 0. The molecule has 3 nitrogen and oxygen atoms in total. The quantitative estimate of drug-likeness (QED) is 0.826. The van der Waals surface area contributed by atoms with E-state index in [-0.39, 0.29) is 0 Å². The maximum Gasteiger partial charge on any atom is 0.146 e. The van der Waals surface area contributed by atoms with Crippen molar-refractivity contribution < 1.29 is 9.47 Å². The Balaban J connectivity index is 2.31. The maximum absolute atomic E-state index is 8.90. The normalized spacial score (nSPS) is 9.79. The molecule has 0 bridgehead atoms. The van der Waals surface area contributed by atoms with Gasteiger partial charge in [0.15, 0.2) is 0 Å². The molecule has 0 saturated carbocycles. The predicted molar refractivity (Wildman–Crippen MR) is 74.2 cm³/mol. The van der Waals surface area contributed by atoms with Crippen LogP contribution < -0.4 is 9.47 Å². The lowest BCUT2D eigenvalue weighted by molar-refractivity contribution is 0.407. The fourth-order valence-corrected chi connectivity index (χ4v) is 1.96. The molecular weight excluding hydrogens is 285 g/mol. The average molecular weight is 294 g/mol. The van der Waals surface area contributed by atoms with Gasteiger partial charge in [-0.3, -0.25) is 0 Å². The number of nitriles is 1. The molecule has 2 rings (SSSR count). The van der Waals surface area contributed by atoms with Gasteiger partial charge in [0, 0.05) is 11.1 Å². The maximum atomic E-state index is 8.90. The van der Waals surface area contributed by atoms with Crippen molar-refractivity contribution in [2.24, 2.45) is 0 Å². The Labute approximate surface area is 120 Å². The predicted octanol–water partition coefficient (Wildman–Crippen LogP) is 4.67. The Morgan fingerprint density at radius 1 is 1.05 bits per heavy atom. The van der Waals surface area contributed by atoms with Gasteiger partial charge in [-0.15, -0.1) is 0 Å². The first kappa shape index (κ1) is 13.5. The van der Waals surface area contributed by atoms with Gasteiger partial charge in [0.05, 0.1) is 17.7 Å². The third-order valence-electron chi connectivity index (χ3n) is 2.42. The zero-order valence-corrected chi connectivity index (χ0v) is 11.5. The van der Waals surface area contributed by atoms with Gasteiger partial charge in [0.25, 0.3) is 0 Å². The van der Waals surface area contributed by atoms with Crippen LogP contribution in [0.5, 0.6) is 17.2 Å². The SMILES string of the molecule is COc1cc(Oc2ccc(Cl)cc2Cl)ccc1C#N. The van der Waals surface area contributed by atoms with Gasteiger partial charge in [-0.1, -0.05) is 23.2 Å². The van der Waals surface area contributed by atoms with Gasteiger partial charge >= 0.3 is 0 Å². The van der Waals surface area contributed by atoms with Crippen LogP contribution in [-0.2, 0) is 0 Å². The van der Waals surface area contributed by atoms with Crippen LogP contribution in [0.15, 0.2) is 36.4 Å². The van der Waals surface area contributed by atoms with E-state index in [9.17, 15) is 0 Å². The van der Waals surface area contributed by atoms with Crippen molar-refractivity contribution in [3.8, 4) is 23.3 Å². The van der Waals surface area contributed by atoms with Crippen LogP contribution in [0, 0.1) is 11.3 Å². The lowest BCUT2D eigenvalue weighted by Crippen LogP contribution is -1.90. The first-order valence-electron chi connectivity index (χ1n) is 5.35. The Hall–Kier alpha value is -1.89. The van der Waals surface area contributed by atoms with Crippen molar-refractivity contribution in [2.45, 2.75) is 0 Å². The first-order valence-corrected chi connectivity index (χ1v) is 6.10. The Morgan fingerprint density at radius 3 is 2.47 bits per heavy atom. The molecule has 0 amide bonds. The molecule has 0 aromatic heterocycles. The monoisotopic (exact) mass is 293 g/mol. The summed E-state index contributed by atoms with van der Waals surface area (Å²) in [5, 5.41) is 9.85. The zero-order chi connectivity index (χ0) is 13.8. The van der Waals surface area contributed by atoms with E-state index in [2.05, 4.69) is 0 Å². The molecule has 0 N–H and O–H groups in total. The molecule has 5 heteroatoms. The van der Waals surface area contributed by atoms with Crippen molar-refractivity contribution in [2.75, 3.05) is 7.11 Å². The van der Waals surface area contributed by atoms with Gasteiger partial charge < -0.3 is 9.47 Å². The minimum Gasteiger partial charge on any atom is -0.495 e. The van der Waals surface area contributed by atoms with Crippen molar-refractivity contribution in [1.29, 1.82) is 5.26 Å². The van der Waals surface area contributed by atoms with Crippen LogP contribution in [-0.4, -0.2) is 7.11 Å². The summed E-state index contributed by atoms with van der Waals surface area (Å²) in [4.78, 5) is 0. The van der Waals surface area contributed by atoms with Crippen LogP contribution in [0.3, 0.4) is 0 Å². The van der Waals surface area contributed by atoms with E-state index < -0.39 is 0 Å². The number of methoxy groups -OCH3 is 1. The minimum absolute atomic E-state index is 0.413. The van der Waals surface area contributed by atoms with Crippen LogP contribution in [0.25, 0.3) is 0 Å². The van der Waals surface area contributed by atoms with E-state index >= 15 is 0 Å². The summed E-state index contributed by atoms with van der Waals surface area (Å²) in [6.07, 6.45) is 0. The lowest BCUT2D eigenvalue weighted by atomic mass is 10.2. The third-order valence-corrected chi connectivity index (χ3v) is 2.95. The topological polar surface area (TPSA) is 42.2 Å². The van der Waals surface area contributed by atoms with Crippen molar-refractivity contribution in [1.82, 2.24) is 0 Å². The van der Waals surface area contributed by atoms with E-state index in [4.69, 9.17) is 37.9 Å². The molecule has 0 unspecified atom stereocenters. The van der Waals surface area contributed by atoms with Crippen LogP contribution in [0.2, 0.25) is 10.0 Å². The molecule has 0 fully saturated rings. The third kappa shape index (κ3) is 3.11. The lowest BCUT2D eigenvalue weighted by Gasteiger charge is -2.09. The highest BCUT2D eigenvalue weighted by molar-refractivity contribution is 6.35. The second-order valence-corrected chi connectivity index (χ2v) is 4.49. The molecule has 0 radical (unpaired) electrons. The molecule has 0 aliphatic rings. The summed E-state index contributed by atoms with van der Waals surface area (Å²) in [7, 11) is 1.50. The van der Waals surface area contributed by atoms with Crippen molar-refractivity contribution in [3.63, 3.8) is 0 Å². The number of rotatable bonds is 3. The largest absolute Gasteiger partial charge is 0.495 e. The molecule has 0 spiro atoms. The fraction of sp³-hybridized carbons (Fsp3) is 0.0714. The molecule has 2 aromatic rings. The van der Waals surface area contributed by atoms with Crippen LogP contribution >= 0.6 is 23.2 Å². The highest BCUT2D eigenvalue weighted by Crippen LogP contribution is 2.33. The zero-order valence-electron chi connectivity index (χ0n) is 9.98. The van der Waals surface area contributed by atoms with Gasteiger partial charge in [-0.05, 0) is 30.3 Å². The molecule has 0 heterocycles. The van der Waals surface area contributed by atoms with E-state index in [1.807, 2.05) is 6.07 Å².